The molecule has 1 aliphatic rings. The number of nitrogens with two attached hydrogens (primary N) is 1. The largest absolute Gasteiger partial charge is 0.369 e. The first-order valence-electron chi connectivity index (χ1n) is 8.86. The topological polar surface area (TPSA) is 138 Å². The predicted molar refractivity (Wildman–Crippen MR) is 111 cm³/mol. The Labute approximate surface area is 167 Å². The van der Waals surface area contributed by atoms with Crippen LogP contribution in [0, 0.1) is 0 Å². The van der Waals surface area contributed by atoms with Gasteiger partial charge in [-0.2, -0.15) is 4.99 Å². The van der Waals surface area contributed by atoms with Crippen molar-refractivity contribution in [3.63, 3.8) is 0 Å². The molecular formula is C20H20N6O3. The summed E-state index contributed by atoms with van der Waals surface area (Å²) in [6.45, 7) is 1.46. The van der Waals surface area contributed by atoms with E-state index in [0.29, 0.717) is 11.3 Å². The van der Waals surface area contributed by atoms with Crippen molar-refractivity contribution >= 4 is 40.9 Å². The third-order valence-corrected chi connectivity index (χ3v) is 4.04. The quantitative estimate of drug-likeness (QED) is 0.347. The molecule has 29 heavy (non-hydrogen) atoms. The fourth-order valence-corrected chi connectivity index (χ4v) is 2.61. The Morgan fingerprint density at radius 3 is 2.38 bits per heavy atom. The fourth-order valence-electron chi connectivity index (χ4n) is 2.61. The second-order valence-corrected chi connectivity index (χ2v) is 6.33. The highest BCUT2D eigenvalue weighted by Crippen LogP contribution is 2.13. The number of hydrogen-bond acceptors (Lipinski definition) is 5. The molecule has 3 rings (SSSR count). The molecule has 2 aromatic carbocycles. The first-order chi connectivity index (χ1) is 13.9. The molecule has 9 nitrogen and oxygen atoms in total. The van der Waals surface area contributed by atoms with Gasteiger partial charge in [0.15, 0.2) is 5.78 Å². The van der Waals surface area contributed by atoms with Gasteiger partial charge in [-0.1, -0.05) is 18.2 Å². The van der Waals surface area contributed by atoms with Crippen molar-refractivity contribution < 1.29 is 14.4 Å². The van der Waals surface area contributed by atoms with E-state index in [1.807, 2.05) is 30.3 Å². The van der Waals surface area contributed by atoms with Gasteiger partial charge in [0, 0.05) is 16.9 Å². The van der Waals surface area contributed by atoms with E-state index in [-0.39, 0.29) is 30.0 Å². The number of aliphatic imine (C=N–C) groups is 2. The predicted octanol–water partition coefficient (Wildman–Crippen LogP) is 1.50. The van der Waals surface area contributed by atoms with Gasteiger partial charge in [-0.25, -0.2) is 4.99 Å². The number of carbonyl (C=O) groups excluding carboxylic acids is 3. The summed E-state index contributed by atoms with van der Waals surface area (Å²) in [7, 11) is 0. The summed E-state index contributed by atoms with van der Waals surface area (Å²) >= 11 is 0. The van der Waals surface area contributed by atoms with E-state index < -0.39 is 11.9 Å². The summed E-state index contributed by atoms with van der Waals surface area (Å²) in [4.78, 5) is 43.7. The highest BCUT2D eigenvalue weighted by atomic mass is 16.2. The maximum atomic E-state index is 12.2. The van der Waals surface area contributed by atoms with Crippen LogP contribution in [0.1, 0.15) is 23.7 Å². The SMILES string of the molecule is CC(=O)c1ccc(NC(=O)C[C@@H]2N=C(N=C(N)Nc3ccccc3)NC2=O)cc1. The van der Waals surface area contributed by atoms with Crippen LogP contribution in [0.3, 0.4) is 0 Å². The molecule has 0 unspecified atom stereocenters. The lowest BCUT2D eigenvalue weighted by atomic mass is 10.1. The van der Waals surface area contributed by atoms with E-state index in [0.717, 1.165) is 5.69 Å². The summed E-state index contributed by atoms with van der Waals surface area (Å²) < 4.78 is 0. The van der Waals surface area contributed by atoms with Crippen molar-refractivity contribution in [1.82, 2.24) is 5.32 Å². The van der Waals surface area contributed by atoms with E-state index in [4.69, 9.17) is 5.73 Å². The molecule has 9 heteroatoms. The number of nitrogens with zero attached hydrogens (tertiary/aromatic N) is 2. The standard InChI is InChI=1S/C20H20N6O3/c1-12(27)13-7-9-15(10-8-13)22-17(28)11-16-18(29)25-20(24-16)26-19(21)23-14-5-3-2-4-6-14/h2-10,16H,11H2,1H3,(H,22,28)(H4,21,23,24,25,26,29)/t16-/m0/s1. The smallest absolute Gasteiger partial charge is 0.252 e. The van der Waals surface area contributed by atoms with Gasteiger partial charge < -0.3 is 16.4 Å². The molecule has 0 saturated carbocycles. The first kappa shape index (κ1) is 19.7. The Bertz CT molecular complexity index is 983. The van der Waals surface area contributed by atoms with E-state index in [1.54, 1.807) is 24.3 Å². The van der Waals surface area contributed by atoms with Crippen LogP contribution in [0.15, 0.2) is 64.6 Å². The summed E-state index contributed by atoms with van der Waals surface area (Å²) in [5.74, 6) is -0.775. The molecule has 0 saturated heterocycles. The van der Waals surface area contributed by atoms with E-state index in [2.05, 4.69) is 25.9 Å². The Balaban J connectivity index is 1.58. The minimum absolute atomic E-state index is 0.0412. The summed E-state index contributed by atoms with van der Waals surface area (Å²) in [6, 6.07) is 14.8. The fraction of sp³-hybridized carbons (Fsp3) is 0.150. The second kappa shape index (κ2) is 8.79. The summed E-state index contributed by atoms with van der Waals surface area (Å²) in [5, 5.41) is 8.04. The number of Topliss-reactive ketones (excluding diaryl/α,β-unsaturated/α-hetero) is 1. The Kier molecular flexibility index (Phi) is 5.98. The number of anilines is 2. The molecule has 0 spiro atoms. The van der Waals surface area contributed by atoms with Crippen molar-refractivity contribution in [2.75, 3.05) is 10.6 Å². The number of amides is 2. The monoisotopic (exact) mass is 392 g/mol. The second-order valence-electron chi connectivity index (χ2n) is 6.33. The molecular weight excluding hydrogens is 372 g/mol. The van der Waals surface area contributed by atoms with Crippen molar-refractivity contribution in [2.24, 2.45) is 15.7 Å². The third-order valence-electron chi connectivity index (χ3n) is 4.04. The van der Waals surface area contributed by atoms with Gasteiger partial charge >= 0.3 is 0 Å². The van der Waals surface area contributed by atoms with Gasteiger partial charge in [-0.15, -0.1) is 0 Å². The number of para-hydroxylation sites is 1. The van der Waals surface area contributed by atoms with Gasteiger partial charge in [-0.05, 0) is 43.3 Å². The number of guanidine groups is 2. The third kappa shape index (κ3) is 5.48. The van der Waals surface area contributed by atoms with Crippen molar-refractivity contribution in [2.45, 2.75) is 19.4 Å². The van der Waals surface area contributed by atoms with Crippen molar-refractivity contribution in [1.29, 1.82) is 0 Å². The van der Waals surface area contributed by atoms with Gasteiger partial charge in [0.1, 0.15) is 6.04 Å². The Morgan fingerprint density at radius 2 is 1.72 bits per heavy atom. The van der Waals surface area contributed by atoms with Gasteiger partial charge in [-0.3, -0.25) is 19.7 Å². The number of nitrogens with one attached hydrogen (secondary N) is 3. The molecule has 0 radical (unpaired) electrons. The highest BCUT2D eigenvalue weighted by Gasteiger charge is 2.28. The number of hydrogen-bond donors (Lipinski definition) is 4. The molecule has 0 aromatic heterocycles. The van der Waals surface area contributed by atoms with Crippen LogP contribution in [-0.4, -0.2) is 35.6 Å². The normalized spacial score (nSPS) is 16.0. The van der Waals surface area contributed by atoms with Crippen molar-refractivity contribution in [3.05, 3.63) is 60.2 Å². The maximum Gasteiger partial charge on any atom is 0.252 e. The lowest BCUT2D eigenvalue weighted by Gasteiger charge is -2.07. The molecule has 5 N–H and O–H groups in total. The zero-order valence-electron chi connectivity index (χ0n) is 15.7. The maximum absolute atomic E-state index is 12.2. The molecule has 1 atom stereocenters. The number of rotatable bonds is 5. The van der Waals surface area contributed by atoms with Crippen LogP contribution in [0.5, 0.6) is 0 Å². The Morgan fingerprint density at radius 1 is 1.07 bits per heavy atom. The average Bonchev–Trinajstić information content (AvgIpc) is 3.01. The van der Waals surface area contributed by atoms with E-state index >= 15 is 0 Å². The van der Waals surface area contributed by atoms with E-state index in [1.165, 1.54) is 6.92 Å². The number of benzene rings is 2. The summed E-state index contributed by atoms with van der Waals surface area (Å²) in [6.07, 6.45) is -0.147. The van der Waals surface area contributed by atoms with Gasteiger partial charge in [0.05, 0.1) is 6.42 Å². The molecule has 1 heterocycles. The zero-order valence-corrected chi connectivity index (χ0v) is 15.7. The van der Waals surface area contributed by atoms with E-state index in [9.17, 15) is 14.4 Å². The number of ketones is 1. The van der Waals surface area contributed by atoms with Crippen molar-refractivity contribution in [3.8, 4) is 0 Å². The molecule has 1 aliphatic heterocycles. The van der Waals surface area contributed by atoms with Gasteiger partial charge in [0.2, 0.25) is 17.8 Å². The summed E-state index contributed by atoms with van der Waals surface area (Å²) in [5.41, 5.74) is 7.63. The van der Waals surface area contributed by atoms with Crippen LogP contribution in [0.4, 0.5) is 11.4 Å². The lowest BCUT2D eigenvalue weighted by Crippen LogP contribution is -2.32. The van der Waals surface area contributed by atoms with Crippen LogP contribution < -0.4 is 21.7 Å². The molecule has 0 fully saturated rings. The molecule has 148 valence electrons. The lowest BCUT2D eigenvalue weighted by molar-refractivity contribution is -0.123. The number of carbonyl (C=O) groups is 3. The minimum Gasteiger partial charge on any atom is -0.369 e. The molecule has 2 aromatic rings. The van der Waals surface area contributed by atoms with Gasteiger partial charge in [0.25, 0.3) is 5.91 Å². The zero-order chi connectivity index (χ0) is 20.8. The first-order valence-corrected chi connectivity index (χ1v) is 8.86. The van der Waals surface area contributed by atoms with Crippen LogP contribution in [-0.2, 0) is 9.59 Å². The average molecular weight is 392 g/mol. The Hall–Kier alpha value is -4.01. The molecule has 0 bridgehead atoms. The molecule has 2 amide bonds. The minimum atomic E-state index is -0.894. The van der Waals surface area contributed by atoms with Crippen LogP contribution in [0.25, 0.3) is 0 Å². The van der Waals surface area contributed by atoms with Crippen LogP contribution >= 0.6 is 0 Å². The highest BCUT2D eigenvalue weighted by molar-refractivity contribution is 6.11. The molecule has 0 aliphatic carbocycles. The van der Waals surface area contributed by atoms with Crippen LogP contribution in [0.2, 0.25) is 0 Å².